The molecule has 2 heterocycles. The molecule has 1 fully saturated rings. The number of hydrogen-bond acceptors (Lipinski definition) is 3. The van der Waals surface area contributed by atoms with Gasteiger partial charge in [0, 0.05) is 11.5 Å². The summed E-state index contributed by atoms with van der Waals surface area (Å²) in [6.07, 6.45) is 2.12. The van der Waals surface area contributed by atoms with E-state index in [2.05, 4.69) is 32.9 Å². The molecule has 17 heavy (non-hydrogen) atoms. The molecule has 1 saturated carbocycles. The average molecular weight is 296 g/mol. The van der Waals surface area contributed by atoms with E-state index in [9.17, 15) is 4.79 Å². The van der Waals surface area contributed by atoms with Crippen molar-refractivity contribution in [3.05, 3.63) is 28.1 Å². The van der Waals surface area contributed by atoms with E-state index in [0.29, 0.717) is 10.3 Å². The number of hydrogen-bond donors (Lipinski definition) is 1. The summed E-state index contributed by atoms with van der Waals surface area (Å²) in [5.74, 6) is -1.00. The van der Waals surface area contributed by atoms with Crippen LogP contribution in [0.3, 0.4) is 0 Å². The summed E-state index contributed by atoms with van der Waals surface area (Å²) >= 11 is 3.29. The van der Waals surface area contributed by atoms with Gasteiger partial charge in [-0.2, -0.15) is 5.10 Å². The van der Waals surface area contributed by atoms with Gasteiger partial charge in [-0.05, 0) is 34.8 Å². The molecule has 3 rings (SSSR count). The van der Waals surface area contributed by atoms with E-state index in [1.54, 1.807) is 16.6 Å². The minimum atomic E-state index is -1.00. The largest absolute Gasteiger partial charge is 0.477 e. The molecule has 88 valence electrons. The Morgan fingerprint density at radius 1 is 1.53 bits per heavy atom. The van der Waals surface area contributed by atoms with Crippen molar-refractivity contribution in [1.29, 1.82) is 0 Å². The Balaban J connectivity index is 2.33. The van der Waals surface area contributed by atoms with Crippen LogP contribution >= 0.6 is 15.9 Å². The summed E-state index contributed by atoms with van der Waals surface area (Å²) < 4.78 is 2.39. The molecule has 1 aliphatic rings. The number of halogens is 1. The maximum absolute atomic E-state index is 11.0. The third-order valence-electron chi connectivity index (χ3n) is 3.23. The van der Waals surface area contributed by atoms with Crippen molar-refractivity contribution in [3.8, 4) is 0 Å². The third kappa shape index (κ3) is 1.63. The molecule has 0 aliphatic heterocycles. The second kappa shape index (κ2) is 3.29. The van der Waals surface area contributed by atoms with Gasteiger partial charge in [0.25, 0.3) is 0 Å². The number of fused-ring (bicyclic) bond motifs is 1. The van der Waals surface area contributed by atoms with E-state index >= 15 is 0 Å². The molecule has 2 aromatic rings. The summed E-state index contributed by atoms with van der Waals surface area (Å²) in [5, 5.41) is 13.4. The van der Waals surface area contributed by atoms with Gasteiger partial charge in [-0.1, -0.05) is 6.92 Å². The summed E-state index contributed by atoms with van der Waals surface area (Å²) in [6.45, 7) is 2.11. The zero-order valence-corrected chi connectivity index (χ0v) is 10.7. The fraction of sp³-hybridized carbons (Fsp3) is 0.364. The van der Waals surface area contributed by atoms with Gasteiger partial charge >= 0.3 is 5.97 Å². The van der Waals surface area contributed by atoms with Crippen LogP contribution in [0.1, 0.15) is 35.9 Å². The third-order valence-corrected chi connectivity index (χ3v) is 3.62. The van der Waals surface area contributed by atoms with Crippen molar-refractivity contribution in [2.24, 2.45) is 0 Å². The Morgan fingerprint density at radius 3 is 2.82 bits per heavy atom. The van der Waals surface area contributed by atoms with Crippen LogP contribution in [-0.2, 0) is 5.41 Å². The summed E-state index contributed by atoms with van der Waals surface area (Å²) in [5.41, 5.74) is 1.61. The van der Waals surface area contributed by atoms with Gasteiger partial charge in [0.15, 0.2) is 11.3 Å². The Labute approximate surface area is 106 Å². The van der Waals surface area contributed by atoms with Crippen LogP contribution in [0.15, 0.2) is 16.7 Å². The molecule has 0 spiro atoms. The molecule has 2 aromatic heterocycles. The fourth-order valence-corrected chi connectivity index (χ4v) is 2.29. The highest BCUT2D eigenvalue weighted by Crippen LogP contribution is 2.47. The first-order valence-corrected chi connectivity index (χ1v) is 6.09. The zero-order chi connectivity index (χ0) is 12.2. The Kier molecular flexibility index (Phi) is 2.07. The first kappa shape index (κ1) is 10.7. The summed E-state index contributed by atoms with van der Waals surface area (Å²) in [7, 11) is 0. The van der Waals surface area contributed by atoms with Crippen LogP contribution in [0.2, 0.25) is 0 Å². The normalized spacial score (nSPS) is 17.3. The van der Waals surface area contributed by atoms with E-state index in [4.69, 9.17) is 5.11 Å². The fourth-order valence-electron chi connectivity index (χ4n) is 1.93. The van der Waals surface area contributed by atoms with Gasteiger partial charge in [0.2, 0.25) is 0 Å². The van der Waals surface area contributed by atoms with Crippen LogP contribution in [-0.4, -0.2) is 25.7 Å². The van der Waals surface area contributed by atoms with E-state index in [1.165, 1.54) is 0 Å². The van der Waals surface area contributed by atoms with Gasteiger partial charge < -0.3 is 5.11 Å². The van der Waals surface area contributed by atoms with Crippen molar-refractivity contribution in [1.82, 2.24) is 14.6 Å². The Morgan fingerprint density at radius 2 is 2.24 bits per heavy atom. The molecule has 0 amide bonds. The number of carbonyl (C=O) groups is 1. The minimum Gasteiger partial charge on any atom is -0.477 e. The SMILES string of the molecule is CC1(c2cc(C(=O)O)nc3cc(Br)nn23)CC1. The van der Waals surface area contributed by atoms with Gasteiger partial charge in [-0.25, -0.2) is 14.3 Å². The molecular weight excluding hydrogens is 286 g/mol. The van der Waals surface area contributed by atoms with E-state index in [0.717, 1.165) is 18.5 Å². The lowest BCUT2D eigenvalue weighted by atomic mass is 10.0. The number of aromatic carboxylic acids is 1. The highest BCUT2D eigenvalue weighted by atomic mass is 79.9. The molecule has 0 unspecified atom stereocenters. The number of aromatic nitrogens is 3. The molecule has 0 bridgehead atoms. The Hall–Kier alpha value is -1.43. The molecule has 0 atom stereocenters. The maximum Gasteiger partial charge on any atom is 0.354 e. The zero-order valence-electron chi connectivity index (χ0n) is 9.14. The van der Waals surface area contributed by atoms with Crippen molar-refractivity contribution in [2.45, 2.75) is 25.2 Å². The summed E-state index contributed by atoms with van der Waals surface area (Å²) in [6, 6.07) is 3.35. The molecule has 1 aliphatic carbocycles. The van der Waals surface area contributed by atoms with Gasteiger partial charge in [-0.15, -0.1) is 0 Å². The van der Waals surface area contributed by atoms with Crippen molar-refractivity contribution in [3.63, 3.8) is 0 Å². The molecule has 1 N–H and O–H groups in total. The quantitative estimate of drug-likeness (QED) is 0.923. The molecule has 0 aromatic carbocycles. The number of rotatable bonds is 2. The van der Waals surface area contributed by atoms with Crippen LogP contribution < -0.4 is 0 Å². The number of nitrogens with zero attached hydrogens (tertiary/aromatic N) is 3. The van der Waals surface area contributed by atoms with E-state index < -0.39 is 5.97 Å². The number of carboxylic acids is 1. The molecule has 5 nitrogen and oxygen atoms in total. The van der Waals surface area contributed by atoms with Crippen LogP contribution in [0.25, 0.3) is 5.65 Å². The van der Waals surface area contributed by atoms with Crippen molar-refractivity contribution < 1.29 is 9.90 Å². The average Bonchev–Trinajstić information content (AvgIpc) is 2.89. The standard InChI is InChI=1S/C11H10BrN3O2/c1-11(2-3-11)7-4-6(10(16)17)13-9-5-8(12)14-15(7)9/h4-5H,2-3H2,1H3,(H,16,17). The first-order valence-electron chi connectivity index (χ1n) is 5.30. The predicted octanol–water partition coefficient (Wildman–Crippen LogP) is 2.24. The summed E-state index contributed by atoms with van der Waals surface area (Å²) in [4.78, 5) is 15.1. The maximum atomic E-state index is 11.0. The topological polar surface area (TPSA) is 67.5 Å². The second-order valence-electron chi connectivity index (χ2n) is 4.63. The van der Waals surface area contributed by atoms with Gasteiger partial charge in [-0.3, -0.25) is 0 Å². The molecule has 0 radical (unpaired) electrons. The van der Waals surface area contributed by atoms with Crippen LogP contribution in [0, 0.1) is 0 Å². The minimum absolute atomic E-state index is 0.0385. The van der Waals surface area contributed by atoms with Crippen LogP contribution in [0.5, 0.6) is 0 Å². The lowest BCUT2D eigenvalue weighted by Crippen LogP contribution is -2.13. The smallest absolute Gasteiger partial charge is 0.354 e. The molecule has 0 saturated heterocycles. The molecule has 6 heteroatoms. The second-order valence-corrected chi connectivity index (χ2v) is 5.44. The van der Waals surface area contributed by atoms with Crippen molar-refractivity contribution >= 4 is 27.5 Å². The van der Waals surface area contributed by atoms with Crippen molar-refractivity contribution in [2.75, 3.05) is 0 Å². The monoisotopic (exact) mass is 295 g/mol. The lowest BCUT2D eigenvalue weighted by Gasteiger charge is -2.11. The highest BCUT2D eigenvalue weighted by molar-refractivity contribution is 9.10. The van der Waals surface area contributed by atoms with E-state index in [-0.39, 0.29) is 11.1 Å². The number of carboxylic acid groups (broad SMARTS) is 1. The van der Waals surface area contributed by atoms with E-state index in [1.807, 2.05) is 0 Å². The Bertz CT molecular complexity index is 631. The van der Waals surface area contributed by atoms with Gasteiger partial charge in [0.05, 0.1) is 5.69 Å². The lowest BCUT2D eigenvalue weighted by molar-refractivity contribution is 0.0690. The molecular formula is C11H10BrN3O2. The van der Waals surface area contributed by atoms with Gasteiger partial charge in [0.1, 0.15) is 4.60 Å². The predicted molar refractivity (Wildman–Crippen MR) is 64.2 cm³/mol. The van der Waals surface area contributed by atoms with Crippen LogP contribution in [0.4, 0.5) is 0 Å². The highest BCUT2D eigenvalue weighted by Gasteiger charge is 2.42. The first-order chi connectivity index (χ1) is 7.99.